The van der Waals surface area contributed by atoms with Crippen LogP contribution < -0.4 is 5.56 Å². The van der Waals surface area contributed by atoms with Gasteiger partial charge in [0.2, 0.25) is 0 Å². The van der Waals surface area contributed by atoms with Gasteiger partial charge in [-0.15, -0.1) is 0 Å². The van der Waals surface area contributed by atoms with Crippen LogP contribution in [0.3, 0.4) is 0 Å². The first-order valence-corrected chi connectivity index (χ1v) is 4.75. The molecule has 0 amide bonds. The van der Waals surface area contributed by atoms with Gasteiger partial charge in [-0.25, -0.2) is 4.98 Å². The molecule has 0 aliphatic heterocycles. The summed E-state index contributed by atoms with van der Waals surface area (Å²) in [7, 11) is 1.89. The Bertz CT molecular complexity index is 500. The molecule has 0 aliphatic carbocycles. The number of aryl methyl sites for hydroxylation is 3. The van der Waals surface area contributed by atoms with Crippen molar-refractivity contribution >= 4 is 0 Å². The summed E-state index contributed by atoms with van der Waals surface area (Å²) in [5.41, 5.74) is 1.08. The van der Waals surface area contributed by atoms with Crippen LogP contribution in [0.1, 0.15) is 5.69 Å². The monoisotopic (exact) mass is 204 g/mol. The van der Waals surface area contributed by atoms with Gasteiger partial charge in [-0.05, 0) is 6.07 Å². The van der Waals surface area contributed by atoms with E-state index in [1.807, 2.05) is 13.1 Å². The average Bonchev–Trinajstić information content (AvgIpc) is 2.63. The van der Waals surface area contributed by atoms with Gasteiger partial charge in [0.05, 0.1) is 6.33 Å². The third kappa shape index (κ3) is 2.12. The lowest BCUT2D eigenvalue weighted by atomic mass is 10.3. The van der Waals surface area contributed by atoms with Crippen LogP contribution in [0.4, 0.5) is 0 Å². The van der Waals surface area contributed by atoms with Crippen molar-refractivity contribution in [3.63, 3.8) is 0 Å². The van der Waals surface area contributed by atoms with Crippen LogP contribution in [0.2, 0.25) is 0 Å². The van der Waals surface area contributed by atoms with Gasteiger partial charge in [0.25, 0.3) is 5.56 Å². The first-order chi connectivity index (χ1) is 7.27. The summed E-state index contributed by atoms with van der Waals surface area (Å²) >= 11 is 0. The Morgan fingerprint density at radius 3 is 2.87 bits per heavy atom. The summed E-state index contributed by atoms with van der Waals surface area (Å²) in [6.07, 6.45) is 5.59. The van der Waals surface area contributed by atoms with E-state index < -0.39 is 0 Å². The van der Waals surface area contributed by atoms with Crippen molar-refractivity contribution in [3.8, 4) is 0 Å². The fourth-order valence-corrected chi connectivity index (χ4v) is 1.43. The molecule has 0 saturated heterocycles. The molecule has 2 aromatic heterocycles. The minimum Gasteiger partial charge on any atom is -0.299 e. The third-order valence-electron chi connectivity index (χ3n) is 2.32. The van der Waals surface area contributed by atoms with Gasteiger partial charge in [-0.2, -0.15) is 5.10 Å². The second-order valence-corrected chi connectivity index (χ2v) is 3.31. The van der Waals surface area contributed by atoms with Crippen molar-refractivity contribution in [2.24, 2.45) is 7.05 Å². The smallest absolute Gasteiger partial charge is 0.253 e. The molecule has 15 heavy (non-hydrogen) atoms. The Hall–Kier alpha value is -1.91. The van der Waals surface area contributed by atoms with Gasteiger partial charge >= 0.3 is 0 Å². The summed E-state index contributed by atoms with van der Waals surface area (Å²) in [5.74, 6) is 0. The second kappa shape index (κ2) is 4.08. The number of nitrogens with zero attached hydrogens (tertiary/aromatic N) is 4. The fourth-order valence-electron chi connectivity index (χ4n) is 1.43. The van der Waals surface area contributed by atoms with Crippen LogP contribution in [-0.4, -0.2) is 19.3 Å². The van der Waals surface area contributed by atoms with Crippen molar-refractivity contribution in [2.45, 2.75) is 13.0 Å². The molecule has 2 aromatic rings. The van der Waals surface area contributed by atoms with E-state index >= 15 is 0 Å². The first kappa shape index (κ1) is 9.64. The van der Waals surface area contributed by atoms with E-state index in [0.717, 1.165) is 12.1 Å². The van der Waals surface area contributed by atoms with Crippen LogP contribution in [0.15, 0.2) is 35.6 Å². The van der Waals surface area contributed by atoms with Gasteiger partial charge < -0.3 is 0 Å². The van der Waals surface area contributed by atoms with Crippen LogP contribution in [-0.2, 0) is 20.0 Å². The molecule has 5 nitrogen and oxygen atoms in total. The van der Waals surface area contributed by atoms with Gasteiger partial charge in [-0.3, -0.25) is 14.0 Å². The fraction of sp³-hybridized carbons (Fsp3) is 0.300. The summed E-state index contributed by atoms with van der Waals surface area (Å²) < 4.78 is 3.40. The molecule has 0 radical (unpaired) electrons. The molecule has 2 heterocycles. The number of hydrogen-bond donors (Lipinski definition) is 0. The third-order valence-corrected chi connectivity index (χ3v) is 2.32. The zero-order valence-electron chi connectivity index (χ0n) is 8.50. The molecule has 0 saturated carbocycles. The van der Waals surface area contributed by atoms with Crippen molar-refractivity contribution in [1.82, 2.24) is 19.3 Å². The zero-order chi connectivity index (χ0) is 10.7. The topological polar surface area (TPSA) is 52.7 Å². The Morgan fingerprint density at radius 1 is 1.33 bits per heavy atom. The summed E-state index contributed by atoms with van der Waals surface area (Å²) in [5, 5.41) is 4.06. The van der Waals surface area contributed by atoms with E-state index in [1.165, 1.54) is 12.3 Å². The Labute approximate surface area is 87.0 Å². The van der Waals surface area contributed by atoms with Gasteiger partial charge in [0.15, 0.2) is 0 Å². The van der Waals surface area contributed by atoms with Crippen LogP contribution in [0.25, 0.3) is 0 Å². The highest BCUT2D eigenvalue weighted by molar-refractivity contribution is 5.00. The molecular formula is C10H12N4O. The van der Waals surface area contributed by atoms with E-state index in [-0.39, 0.29) is 5.56 Å². The van der Waals surface area contributed by atoms with Crippen LogP contribution >= 0.6 is 0 Å². The van der Waals surface area contributed by atoms with E-state index in [0.29, 0.717) is 6.54 Å². The lowest BCUT2D eigenvalue weighted by Crippen LogP contribution is -2.20. The summed E-state index contributed by atoms with van der Waals surface area (Å²) in [4.78, 5) is 15.3. The molecule has 0 bridgehead atoms. The minimum absolute atomic E-state index is 0.0211. The number of rotatable bonds is 3. The molecule has 0 N–H and O–H groups in total. The summed E-state index contributed by atoms with van der Waals surface area (Å²) in [6, 6.07) is 3.41. The van der Waals surface area contributed by atoms with Crippen molar-refractivity contribution < 1.29 is 0 Å². The standard InChI is InChI=1S/C10H12N4O/c1-13-9(2-6-12-13)4-7-14-8-11-5-3-10(14)15/h2-3,5-6,8H,4,7H2,1H3. The SMILES string of the molecule is Cn1nccc1CCn1cnccc1=O. The normalized spacial score (nSPS) is 10.5. The molecule has 0 spiro atoms. The van der Waals surface area contributed by atoms with Crippen molar-refractivity contribution in [1.29, 1.82) is 0 Å². The summed E-state index contributed by atoms with van der Waals surface area (Å²) in [6.45, 7) is 0.631. The molecule has 0 atom stereocenters. The molecule has 0 aromatic carbocycles. The largest absolute Gasteiger partial charge is 0.299 e. The van der Waals surface area contributed by atoms with Crippen molar-refractivity contribution in [2.75, 3.05) is 0 Å². The van der Waals surface area contributed by atoms with E-state index in [2.05, 4.69) is 10.1 Å². The van der Waals surface area contributed by atoms with Gasteiger partial charge in [0, 0.05) is 44.2 Å². The molecule has 0 unspecified atom stereocenters. The highest BCUT2D eigenvalue weighted by Crippen LogP contribution is 1.98. The van der Waals surface area contributed by atoms with Crippen molar-refractivity contribution in [3.05, 3.63) is 46.9 Å². The molecule has 0 fully saturated rings. The number of aromatic nitrogens is 4. The van der Waals surface area contributed by atoms with Crippen LogP contribution in [0.5, 0.6) is 0 Å². The van der Waals surface area contributed by atoms with Gasteiger partial charge in [-0.1, -0.05) is 0 Å². The molecule has 5 heteroatoms. The maximum atomic E-state index is 11.4. The Balaban J connectivity index is 2.09. The maximum Gasteiger partial charge on any atom is 0.253 e. The zero-order valence-corrected chi connectivity index (χ0v) is 8.50. The quantitative estimate of drug-likeness (QED) is 0.718. The van der Waals surface area contributed by atoms with Crippen LogP contribution in [0, 0.1) is 0 Å². The van der Waals surface area contributed by atoms with E-state index in [9.17, 15) is 4.79 Å². The maximum absolute atomic E-state index is 11.4. The van der Waals surface area contributed by atoms with E-state index in [1.54, 1.807) is 21.8 Å². The Kier molecular flexibility index (Phi) is 2.62. The predicted octanol–water partition coefficient (Wildman–Crippen LogP) is 0.220. The highest BCUT2D eigenvalue weighted by atomic mass is 16.1. The lowest BCUT2D eigenvalue weighted by Gasteiger charge is -2.04. The molecule has 78 valence electrons. The molecule has 0 aliphatic rings. The van der Waals surface area contributed by atoms with Gasteiger partial charge in [0.1, 0.15) is 0 Å². The predicted molar refractivity (Wildman–Crippen MR) is 55.4 cm³/mol. The Morgan fingerprint density at radius 2 is 2.20 bits per heavy atom. The second-order valence-electron chi connectivity index (χ2n) is 3.31. The highest BCUT2D eigenvalue weighted by Gasteiger charge is 1.99. The molecule has 2 rings (SSSR count). The molecular weight excluding hydrogens is 192 g/mol. The first-order valence-electron chi connectivity index (χ1n) is 4.75. The average molecular weight is 204 g/mol. The minimum atomic E-state index is -0.0211. The number of hydrogen-bond acceptors (Lipinski definition) is 3. The van der Waals surface area contributed by atoms with E-state index in [4.69, 9.17) is 0 Å². The lowest BCUT2D eigenvalue weighted by molar-refractivity contribution is 0.614.